The molecule has 34 heavy (non-hydrogen) atoms. The number of halogens is 1. The molecule has 4 rings (SSSR count). The molecular formula is C23H25FN4O4S2. The van der Waals surface area contributed by atoms with Crippen molar-refractivity contribution in [1.82, 2.24) is 20.6 Å². The molecular weight excluding hydrogens is 479 g/mol. The number of thiazole rings is 1. The highest BCUT2D eigenvalue weighted by Crippen LogP contribution is 2.34. The Labute approximate surface area is 200 Å². The SMILES string of the molecule is CC(C)CS(=O)(=O)C(C(=O)NCC(=O)NC1CC1)c1nc2ccc(-c3ccc(F)nc3)cc2s1. The maximum absolute atomic E-state index is 13.2. The Hall–Kier alpha value is -2.92. The fraction of sp³-hybridized carbons (Fsp3) is 0.391. The summed E-state index contributed by atoms with van der Waals surface area (Å²) < 4.78 is 40.2. The van der Waals surface area contributed by atoms with E-state index >= 15 is 0 Å². The molecule has 1 fully saturated rings. The number of amides is 2. The van der Waals surface area contributed by atoms with Crippen molar-refractivity contribution in [3.63, 3.8) is 0 Å². The number of nitrogens with zero attached hydrogens (tertiary/aromatic N) is 2. The van der Waals surface area contributed by atoms with E-state index in [0.717, 1.165) is 29.7 Å². The zero-order valence-electron chi connectivity index (χ0n) is 18.7. The van der Waals surface area contributed by atoms with Crippen LogP contribution in [0.2, 0.25) is 0 Å². The molecule has 180 valence electrons. The summed E-state index contributed by atoms with van der Waals surface area (Å²) in [6, 6.07) is 8.30. The number of sulfone groups is 1. The van der Waals surface area contributed by atoms with Crippen molar-refractivity contribution in [2.45, 2.75) is 38.0 Å². The summed E-state index contributed by atoms with van der Waals surface area (Å²) in [5.41, 5.74) is 2.00. The van der Waals surface area contributed by atoms with Gasteiger partial charge in [0, 0.05) is 17.8 Å². The Morgan fingerprint density at radius 1 is 1.18 bits per heavy atom. The lowest BCUT2D eigenvalue weighted by atomic mass is 10.1. The van der Waals surface area contributed by atoms with Crippen LogP contribution in [0.3, 0.4) is 0 Å². The number of nitrogens with one attached hydrogen (secondary N) is 2. The third kappa shape index (κ3) is 5.76. The number of fused-ring (bicyclic) bond motifs is 1. The van der Waals surface area contributed by atoms with E-state index < -0.39 is 26.9 Å². The molecule has 0 saturated heterocycles. The Balaban J connectivity index is 1.63. The topological polar surface area (TPSA) is 118 Å². The summed E-state index contributed by atoms with van der Waals surface area (Å²) in [6.45, 7) is 3.23. The van der Waals surface area contributed by atoms with Gasteiger partial charge in [0.15, 0.2) is 15.1 Å². The van der Waals surface area contributed by atoms with Crippen molar-refractivity contribution in [1.29, 1.82) is 0 Å². The standard InChI is InChI=1S/C23H25FN4O4S2/c1-13(2)12-34(31,32)21(22(30)26-11-20(29)27-16-5-6-16)23-28-17-7-3-14(9-18(17)33-23)15-4-8-19(24)25-10-15/h3-4,7-10,13,16,21H,5-6,11-12H2,1-2H3,(H,26,30)(H,27,29). The van der Waals surface area contributed by atoms with Gasteiger partial charge in [0.05, 0.1) is 22.5 Å². The molecule has 1 atom stereocenters. The first-order valence-electron chi connectivity index (χ1n) is 10.9. The molecule has 2 amide bonds. The van der Waals surface area contributed by atoms with Crippen molar-refractivity contribution in [2.75, 3.05) is 12.3 Å². The second-order valence-corrected chi connectivity index (χ2v) is 12.0. The van der Waals surface area contributed by atoms with Crippen molar-refractivity contribution in [2.24, 2.45) is 5.92 Å². The van der Waals surface area contributed by atoms with Gasteiger partial charge in [-0.15, -0.1) is 11.3 Å². The number of carbonyl (C=O) groups excluding carboxylic acids is 2. The van der Waals surface area contributed by atoms with E-state index in [2.05, 4.69) is 20.6 Å². The van der Waals surface area contributed by atoms with Gasteiger partial charge in [-0.05, 0) is 48.6 Å². The third-order valence-corrected chi connectivity index (χ3v) is 8.74. The van der Waals surface area contributed by atoms with Gasteiger partial charge >= 0.3 is 0 Å². The Bertz CT molecular complexity index is 1320. The van der Waals surface area contributed by atoms with Crippen LogP contribution in [0, 0.1) is 11.9 Å². The monoisotopic (exact) mass is 504 g/mol. The van der Waals surface area contributed by atoms with E-state index in [1.165, 1.54) is 12.3 Å². The molecule has 1 unspecified atom stereocenters. The first kappa shape index (κ1) is 24.2. The molecule has 8 nitrogen and oxygen atoms in total. The Morgan fingerprint density at radius 2 is 1.91 bits per heavy atom. The fourth-order valence-electron chi connectivity index (χ4n) is 3.54. The van der Waals surface area contributed by atoms with Crippen LogP contribution in [0.5, 0.6) is 0 Å². The minimum Gasteiger partial charge on any atom is -0.352 e. The average Bonchev–Trinajstić information content (AvgIpc) is 3.47. The summed E-state index contributed by atoms with van der Waals surface area (Å²) in [7, 11) is -3.89. The second kappa shape index (κ2) is 9.75. The minimum absolute atomic E-state index is 0.139. The zero-order valence-corrected chi connectivity index (χ0v) is 20.4. The summed E-state index contributed by atoms with van der Waals surface area (Å²) >= 11 is 1.11. The molecule has 1 saturated carbocycles. The number of hydrogen-bond acceptors (Lipinski definition) is 7. The lowest BCUT2D eigenvalue weighted by molar-refractivity contribution is -0.126. The third-order valence-electron chi connectivity index (χ3n) is 5.22. The summed E-state index contributed by atoms with van der Waals surface area (Å²) in [4.78, 5) is 33.1. The summed E-state index contributed by atoms with van der Waals surface area (Å²) in [5, 5.41) is 3.86. The first-order chi connectivity index (χ1) is 16.1. The van der Waals surface area contributed by atoms with Crippen LogP contribution in [0.15, 0.2) is 36.5 Å². The number of aromatic nitrogens is 2. The van der Waals surface area contributed by atoms with Crippen LogP contribution in [-0.4, -0.2) is 48.5 Å². The Morgan fingerprint density at radius 3 is 2.56 bits per heavy atom. The minimum atomic E-state index is -3.89. The van der Waals surface area contributed by atoms with Crippen LogP contribution in [-0.2, 0) is 19.4 Å². The van der Waals surface area contributed by atoms with E-state index in [0.29, 0.717) is 15.8 Å². The molecule has 3 aromatic rings. The molecule has 1 aliphatic rings. The average molecular weight is 505 g/mol. The van der Waals surface area contributed by atoms with E-state index in [1.54, 1.807) is 38.1 Å². The van der Waals surface area contributed by atoms with Crippen molar-refractivity contribution < 1.29 is 22.4 Å². The number of hydrogen-bond donors (Lipinski definition) is 2. The molecule has 1 aromatic carbocycles. The summed E-state index contributed by atoms with van der Waals surface area (Å²) in [6.07, 6.45) is 3.23. The van der Waals surface area contributed by atoms with E-state index in [-0.39, 0.29) is 35.2 Å². The predicted molar refractivity (Wildman–Crippen MR) is 128 cm³/mol. The van der Waals surface area contributed by atoms with Crippen LogP contribution in [0.4, 0.5) is 4.39 Å². The highest BCUT2D eigenvalue weighted by Gasteiger charge is 2.37. The quantitative estimate of drug-likeness (QED) is 0.433. The van der Waals surface area contributed by atoms with Crippen LogP contribution >= 0.6 is 11.3 Å². The van der Waals surface area contributed by atoms with Crippen LogP contribution in [0.1, 0.15) is 36.9 Å². The smallest absolute Gasteiger partial charge is 0.245 e. The molecule has 2 N–H and O–H groups in total. The number of benzene rings is 1. The molecule has 1 aliphatic carbocycles. The van der Waals surface area contributed by atoms with E-state index in [4.69, 9.17) is 0 Å². The van der Waals surface area contributed by atoms with Gasteiger partial charge in [0.2, 0.25) is 17.8 Å². The number of pyridine rings is 1. The van der Waals surface area contributed by atoms with Gasteiger partial charge in [-0.2, -0.15) is 4.39 Å². The van der Waals surface area contributed by atoms with Gasteiger partial charge in [-0.25, -0.2) is 18.4 Å². The lowest BCUT2D eigenvalue weighted by Gasteiger charge is -2.16. The molecule has 0 spiro atoms. The largest absolute Gasteiger partial charge is 0.352 e. The van der Waals surface area contributed by atoms with Gasteiger partial charge in [-0.1, -0.05) is 19.9 Å². The van der Waals surface area contributed by atoms with Gasteiger partial charge in [0.25, 0.3) is 0 Å². The number of rotatable bonds is 9. The highest BCUT2D eigenvalue weighted by molar-refractivity contribution is 7.92. The van der Waals surface area contributed by atoms with Gasteiger partial charge in [0.1, 0.15) is 5.01 Å². The van der Waals surface area contributed by atoms with Crippen LogP contribution < -0.4 is 10.6 Å². The van der Waals surface area contributed by atoms with Crippen molar-refractivity contribution in [3.8, 4) is 11.1 Å². The molecule has 0 aliphatic heterocycles. The maximum Gasteiger partial charge on any atom is 0.245 e. The summed E-state index contributed by atoms with van der Waals surface area (Å²) in [5.74, 6) is -2.08. The fourth-order valence-corrected chi connectivity index (χ4v) is 7.00. The predicted octanol–water partition coefficient (Wildman–Crippen LogP) is 3.00. The lowest BCUT2D eigenvalue weighted by Crippen LogP contribution is -2.42. The van der Waals surface area contributed by atoms with Crippen LogP contribution in [0.25, 0.3) is 21.3 Å². The molecule has 2 heterocycles. The second-order valence-electron chi connectivity index (χ2n) is 8.77. The normalized spacial score (nSPS) is 14.8. The van der Waals surface area contributed by atoms with Crippen molar-refractivity contribution in [3.05, 3.63) is 47.5 Å². The molecule has 0 radical (unpaired) electrons. The maximum atomic E-state index is 13.2. The van der Waals surface area contributed by atoms with E-state index in [9.17, 15) is 22.4 Å². The zero-order chi connectivity index (χ0) is 24.5. The molecule has 0 bridgehead atoms. The molecule has 11 heteroatoms. The Kier molecular flexibility index (Phi) is 6.94. The molecule has 2 aromatic heterocycles. The van der Waals surface area contributed by atoms with Gasteiger partial charge in [-0.3, -0.25) is 9.59 Å². The first-order valence-corrected chi connectivity index (χ1v) is 13.5. The highest BCUT2D eigenvalue weighted by atomic mass is 32.2. The van der Waals surface area contributed by atoms with E-state index in [1.807, 2.05) is 0 Å². The number of carbonyl (C=O) groups is 2. The van der Waals surface area contributed by atoms with Crippen molar-refractivity contribution >= 4 is 43.2 Å². The van der Waals surface area contributed by atoms with Gasteiger partial charge < -0.3 is 10.6 Å².